The third kappa shape index (κ3) is 3.31. The number of fused-ring (bicyclic) bond motifs is 1. The summed E-state index contributed by atoms with van der Waals surface area (Å²) in [6, 6.07) is 6.29. The average Bonchev–Trinajstić information content (AvgIpc) is 3.08. The first-order chi connectivity index (χ1) is 12.2. The number of aryl methyl sites for hydroxylation is 2. The zero-order chi connectivity index (χ0) is 17.2. The number of rotatable bonds is 3. The first-order valence-corrected chi connectivity index (χ1v) is 9.03. The van der Waals surface area contributed by atoms with Gasteiger partial charge in [-0.15, -0.1) is 0 Å². The van der Waals surface area contributed by atoms with Crippen molar-refractivity contribution >= 4 is 17.9 Å². The van der Waals surface area contributed by atoms with Crippen molar-refractivity contribution < 1.29 is 4.79 Å². The molecule has 0 bridgehead atoms. The number of aromatic nitrogens is 2. The van der Waals surface area contributed by atoms with Gasteiger partial charge in [-0.2, -0.15) is 0 Å². The molecule has 5 heteroatoms. The molecule has 1 saturated heterocycles. The lowest BCUT2D eigenvalue weighted by Crippen LogP contribution is -2.45. The second-order valence-corrected chi connectivity index (χ2v) is 6.93. The average molecular weight is 336 g/mol. The van der Waals surface area contributed by atoms with E-state index in [4.69, 9.17) is 0 Å². The Morgan fingerprint density at radius 3 is 2.88 bits per heavy atom. The number of carbonyl (C=O) groups is 1. The van der Waals surface area contributed by atoms with Crippen LogP contribution in [0.2, 0.25) is 0 Å². The highest BCUT2D eigenvalue weighted by Gasteiger charge is 2.23. The molecule has 2 heterocycles. The van der Waals surface area contributed by atoms with Crippen molar-refractivity contribution in [3.05, 3.63) is 53.4 Å². The summed E-state index contributed by atoms with van der Waals surface area (Å²) in [5.74, 6) is 1.06. The van der Waals surface area contributed by atoms with Gasteiger partial charge in [-0.1, -0.05) is 18.2 Å². The van der Waals surface area contributed by atoms with E-state index in [1.165, 1.54) is 11.1 Å². The maximum absolute atomic E-state index is 12.6. The molecule has 5 nitrogen and oxygen atoms in total. The minimum absolute atomic E-state index is 0.0489. The number of carbonyl (C=O) groups excluding carboxylic acids is 1. The summed E-state index contributed by atoms with van der Waals surface area (Å²) in [6.07, 6.45) is 12.1. The van der Waals surface area contributed by atoms with Crippen LogP contribution in [0, 0.1) is 0 Å². The van der Waals surface area contributed by atoms with Gasteiger partial charge in [0, 0.05) is 44.1 Å². The normalized spacial score (nSPS) is 17.4. The quantitative estimate of drug-likeness (QED) is 0.938. The van der Waals surface area contributed by atoms with Crippen LogP contribution in [0.1, 0.15) is 40.7 Å². The molecule has 1 aliphatic carbocycles. The van der Waals surface area contributed by atoms with E-state index < -0.39 is 0 Å². The van der Waals surface area contributed by atoms with Gasteiger partial charge in [-0.25, -0.2) is 4.98 Å². The maximum Gasteiger partial charge on any atom is 0.251 e. The van der Waals surface area contributed by atoms with Crippen LogP contribution in [0.4, 0.5) is 5.95 Å². The van der Waals surface area contributed by atoms with Gasteiger partial charge in [0.2, 0.25) is 5.95 Å². The van der Waals surface area contributed by atoms with Gasteiger partial charge in [-0.3, -0.25) is 4.79 Å². The standard InChI is InChI=1S/C20H24N4O/c1-23-13-10-21-20(23)24-11-8-18(9-12-24)22-19(25)17-7-6-15-4-2-3-5-16(15)14-17/h2,4,6-7,10,13-14,18H,3,5,8-9,11-12H2,1H3,(H,22,25). The highest BCUT2D eigenvalue weighted by Crippen LogP contribution is 2.21. The summed E-state index contributed by atoms with van der Waals surface area (Å²) in [5.41, 5.74) is 3.30. The van der Waals surface area contributed by atoms with Crippen LogP contribution < -0.4 is 10.2 Å². The number of piperidine rings is 1. The number of benzene rings is 1. The molecule has 4 rings (SSSR count). The lowest BCUT2D eigenvalue weighted by Gasteiger charge is -2.33. The molecule has 130 valence electrons. The van der Waals surface area contributed by atoms with Crippen LogP contribution in [0.25, 0.3) is 6.08 Å². The van der Waals surface area contributed by atoms with Crippen molar-refractivity contribution in [3.8, 4) is 0 Å². The largest absolute Gasteiger partial charge is 0.349 e. The molecule has 0 unspecified atom stereocenters. The molecule has 25 heavy (non-hydrogen) atoms. The number of nitrogens with zero attached hydrogens (tertiary/aromatic N) is 3. The molecular weight excluding hydrogens is 312 g/mol. The zero-order valence-corrected chi connectivity index (χ0v) is 14.6. The SMILES string of the molecule is Cn1ccnc1N1CCC(NC(=O)c2ccc3c(c2)CCC=C3)CC1. The zero-order valence-electron chi connectivity index (χ0n) is 14.6. The molecule has 0 radical (unpaired) electrons. The van der Waals surface area contributed by atoms with Crippen molar-refractivity contribution in [2.45, 2.75) is 31.7 Å². The summed E-state index contributed by atoms with van der Waals surface area (Å²) in [4.78, 5) is 19.3. The molecule has 0 saturated carbocycles. The van der Waals surface area contributed by atoms with Crippen molar-refractivity contribution in [2.75, 3.05) is 18.0 Å². The fourth-order valence-electron chi connectivity index (χ4n) is 3.73. The topological polar surface area (TPSA) is 50.2 Å². The van der Waals surface area contributed by atoms with Gasteiger partial charge in [0.05, 0.1) is 0 Å². The number of hydrogen-bond acceptors (Lipinski definition) is 3. The van der Waals surface area contributed by atoms with E-state index in [0.717, 1.165) is 50.3 Å². The summed E-state index contributed by atoms with van der Waals surface area (Å²) in [6.45, 7) is 1.84. The van der Waals surface area contributed by atoms with E-state index >= 15 is 0 Å². The molecule has 1 aromatic carbocycles. The number of imidazole rings is 1. The second-order valence-electron chi connectivity index (χ2n) is 6.93. The van der Waals surface area contributed by atoms with E-state index in [1.54, 1.807) is 0 Å². The monoisotopic (exact) mass is 336 g/mol. The molecule has 1 aromatic heterocycles. The number of amides is 1. The predicted molar refractivity (Wildman–Crippen MR) is 99.7 cm³/mol. The Balaban J connectivity index is 1.36. The van der Waals surface area contributed by atoms with Gasteiger partial charge in [0.25, 0.3) is 5.91 Å². The fourth-order valence-corrected chi connectivity index (χ4v) is 3.73. The molecule has 1 amide bonds. The van der Waals surface area contributed by atoms with E-state index in [9.17, 15) is 4.79 Å². The Bertz CT molecular complexity index is 800. The van der Waals surface area contributed by atoms with Crippen molar-refractivity contribution in [3.63, 3.8) is 0 Å². The van der Waals surface area contributed by atoms with Crippen LogP contribution >= 0.6 is 0 Å². The van der Waals surface area contributed by atoms with Crippen LogP contribution in [0.3, 0.4) is 0 Å². The van der Waals surface area contributed by atoms with Crippen LogP contribution in [-0.4, -0.2) is 34.6 Å². The summed E-state index contributed by atoms with van der Waals surface area (Å²) < 4.78 is 2.04. The van der Waals surface area contributed by atoms with Gasteiger partial charge >= 0.3 is 0 Å². The van der Waals surface area contributed by atoms with Crippen LogP contribution in [-0.2, 0) is 13.5 Å². The fraction of sp³-hybridized carbons (Fsp3) is 0.400. The molecule has 2 aliphatic rings. The van der Waals surface area contributed by atoms with Crippen LogP contribution in [0.5, 0.6) is 0 Å². The minimum atomic E-state index is 0.0489. The van der Waals surface area contributed by atoms with Gasteiger partial charge in [0.15, 0.2) is 0 Å². The van der Waals surface area contributed by atoms with Gasteiger partial charge in [0.1, 0.15) is 0 Å². The Labute approximate surface area is 148 Å². The highest BCUT2D eigenvalue weighted by molar-refractivity contribution is 5.95. The summed E-state index contributed by atoms with van der Waals surface area (Å²) >= 11 is 0. The van der Waals surface area contributed by atoms with E-state index in [-0.39, 0.29) is 11.9 Å². The third-order valence-corrected chi connectivity index (χ3v) is 5.19. The first-order valence-electron chi connectivity index (χ1n) is 9.03. The van der Waals surface area contributed by atoms with E-state index in [0.29, 0.717) is 0 Å². The van der Waals surface area contributed by atoms with E-state index in [2.05, 4.69) is 39.5 Å². The summed E-state index contributed by atoms with van der Waals surface area (Å²) in [7, 11) is 2.02. The lowest BCUT2D eigenvalue weighted by atomic mass is 9.95. The number of hydrogen-bond donors (Lipinski definition) is 1. The molecular formula is C20H24N4O. The van der Waals surface area contributed by atoms with Gasteiger partial charge in [-0.05, 0) is 48.9 Å². The Hall–Kier alpha value is -2.56. The first kappa shape index (κ1) is 15.9. The molecule has 1 fully saturated rings. The highest BCUT2D eigenvalue weighted by atomic mass is 16.1. The van der Waals surface area contributed by atoms with Crippen LogP contribution in [0.15, 0.2) is 36.7 Å². The predicted octanol–water partition coefficient (Wildman–Crippen LogP) is 2.78. The van der Waals surface area contributed by atoms with E-state index in [1.807, 2.05) is 30.1 Å². The Morgan fingerprint density at radius 1 is 1.28 bits per heavy atom. The maximum atomic E-state index is 12.6. The van der Waals surface area contributed by atoms with Crippen molar-refractivity contribution in [1.29, 1.82) is 0 Å². The molecule has 2 aromatic rings. The summed E-state index contributed by atoms with van der Waals surface area (Å²) in [5, 5.41) is 3.21. The Morgan fingerprint density at radius 2 is 2.12 bits per heavy atom. The lowest BCUT2D eigenvalue weighted by molar-refractivity contribution is 0.0931. The number of nitrogens with one attached hydrogen (secondary N) is 1. The number of allylic oxidation sites excluding steroid dienone is 1. The van der Waals surface area contributed by atoms with Crippen molar-refractivity contribution in [2.24, 2.45) is 7.05 Å². The number of anilines is 1. The Kier molecular flexibility index (Phi) is 4.30. The van der Waals surface area contributed by atoms with Crippen molar-refractivity contribution in [1.82, 2.24) is 14.9 Å². The molecule has 1 N–H and O–H groups in total. The third-order valence-electron chi connectivity index (χ3n) is 5.19. The smallest absolute Gasteiger partial charge is 0.251 e. The molecule has 0 spiro atoms. The molecule has 1 aliphatic heterocycles. The minimum Gasteiger partial charge on any atom is -0.349 e. The molecule has 0 atom stereocenters. The second kappa shape index (κ2) is 6.75. The van der Waals surface area contributed by atoms with Gasteiger partial charge < -0.3 is 14.8 Å².